The molecule has 0 radical (unpaired) electrons. The molecule has 1 heterocycles. The van der Waals surface area contributed by atoms with E-state index in [-0.39, 0.29) is 18.0 Å². The number of nitrogens with zero attached hydrogens (tertiary/aromatic N) is 1. The zero-order valence-electron chi connectivity index (χ0n) is 11.3. The summed E-state index contributed by atoms with van der Waals surface area (Å²) in [6, 6.07) is 10.0. The average Bonchev–Trinajstić information content (AvgIpc) is 3.16. The predicted molar refractivity (Wildman–Crippen MR) is 75.0 cm³/mol. The normalized spacial score (nSPS) is 21.9. The molecule has 106 valence electrons. The van der Waals surface area contributed by atoms with Gasteiger partial charge in [0.1, 0.15) is 0 Å². The quantitative estimate of drug-likeness (QED) is 0.867. The number of carbonyl (C=O) groups excluding carboxylic acids is 2. The first-order valence-electron chi connectivity index (χ1n) is 7.09. The van der Waals surface area contributed by atoms with Crippen molar-refractivity contribution < 1.29 is 9.59 Å². The van der Waals surface area contributed by atoms with Crippen LogP contribution < -0.4 is 10.6 Å². The fraction of sp³-hybridized carbons (Fsp3) is 0.467. The van der Waals surface area contributed by atoms with Crippen molar-refractivity contribution in [3.05, 3.63) is 35.9 Å². The zero-order chi connectivity index (χ0) is 13.9. The van der Waals surface area contributed by atoms with Crippen LogP contribution >= 0.6 is 0 Å². The van der Waals surface area contributed by atoms with Crippen molar-refractivity contribution in [1.82, 2.24) is 15.5 Å². The number of rotatable bonds is 4. The highest BCUT2D eigenvalue weighted by atomic mass is 16.2. The van der Waals surface area contributed by atoms with Gasteiger partial charge in [0.25, 0.3) is 0 Å². The number of urea groups is 1. The third-order valence-corrected chi connectivity index (χ3v) is 3.68. The molecule has 2 aliphatic rings. The molecule has 1 aliphatic carbocycles. The average molecular weight is 273 g/mol. The van der Waals surface area contributed by atoms with E-state index in [9.17, 15) is 9.59 Å². The minimum atomic E-state index is -0.146. The molecule has 2 fully saturated rings. The monoisotopic (exact) mass is 273 g/mol. The number of hydrogen-bond donors (Lipinski definition) is 2. The van der Waals surface area contributed by atoms with Crippen LogP contribution in [0, 0.1) is 0 Å². The van der Waals surface area contributed by atoms with E-state index < -0.39 is 0 Å². The van der Waals surface area contributed by atoms with Crippen LogP contribution in [-0.4, -0.2) is 35.5 Å². The van der Waals surface area contributed by atoms with Crippen LogP contribution in [-0.2, 0) is 11.3 Å². The van der Waals surface area contributed by atoms with Crippen LogP contribution in [0.3, 0.4) is 0 Å². The van der Waals surface area contributed by atoms with Gasteiger partial charge in [0.2, 0.25) is 5.91 Å². The molecule has 1 saturated heterocycles. The molecule has 1 aliphatic heterocycles. The summed E-state index contributed by atoms with van der Waals surface area (Å²) in [6.45, 7) is 1.20. The van der Waals surface area contributed by atoms with E-state index in [2.05, 4.69) is 10.6 Å². The molecule has 0 bridgehead atoms. The standard InChI is InChI=1S/C15H19N3O2/c19-14-8-13(17-15(20)16-12-6-7-12)10-18(14)9-11-4-2-1-3-5-11/h1-5,12-13H,6-10H2,(H2,16,17,20). The Kier molecular flexibility index (Phi) is 3.58. The molecular weight excluding hydrogens is 254 g/mol. The molecule has 3 amide bonds. The first kappa shape index (κ1) is 13.0. The number of benzene rings is 1. The van der Waals surface area contributed by atoms with E-state index in [0.717, 1.165) is 18.4 Å². The summed E-state index contributed by atoms with van der Waals surface area (Å²) >= 11 is 0. The lowest BCUT2D eigenvalue weighted by Crippen LogP contribution is -2.44. The second-order valence-electron chi connectivity index (χ2n) is 5.55. The summed E-state index contributed by atoms with van der Waals surface area (Å²) in [4.78, 5) is 25.4. The van der Waals surface area contributed by atoms with Crippen LogP contribution in [0.4, 0.5) is 4.79 Å². The van der Waals surface area contributed by atoms with Gasteiger partial charge in [-0.2, -0.15) is 0 Å². The Labute approximate surface area is 118 Å². The van der Waals surface area contributed by atoms with E-state index in [0.29, 0.717) is 25.6 Å². The van der Waals surface area contributed by atoms with Gasteiger partial charge in [-0.3, -0.25) is 4.79 Å². The first-order valence-corrected chi connectivity index (χ1v) is 7.09. The second kappa shape index (κ2) is 5.53. The smallest absolute Gasteiger partial charge is 0.315 e. The van der Waals surface area contributed by atoms with E-state index in [1.165, 1.54) is 0 Å². The maximum absolute atomic E-state index is 12.0. The van der Waals surface area contributed by atoms with Gasteiger partial charge >= 0.3 is 6.03 Å². The van der Waals surface area contributed by atoms with Crippen molar-refractivity contribution in [2.45, 2.75) is 37.9 Å². The fourth-order valence-electron chi connectivity index (χ4n) is 2.47. The molecule has 1 unspecified atom stereocenters. The fourth-order valence-corrected chi connectivity index (χ4v) is 2.47. The number of hydrogen-bond acceptors (Lipinski definition) is 2. The molecule has 1 aromatic rings. The minimum Gasteiger partial charge on any atom is -0.336 e. The Hall–Kier alpha value is -2.04. The molecule has 5 nitrogen and oxygen atoms in total. The molecule has 1 atom stereocenters. The van der Waals surface area contributed by atoms with E-state index >= 15 is 0 Å². The molecule has 0 spiro atoms. The van der Waals surface area contributed by atoms with Gasteiger partial charge < -0.3 is 15.5 Å². The van der Waals surface area contributed by atoms with Gasteiger partial charge in [-0.25, -0.2) is 4.79 Å². The summed E-state index contributed by atoms with van der Waals surface area (Å²) in [5, 5.41) is 5.76. The minimum absolute atomic E-state index is 0.0787. The van der Waals surface area contributed by atoms with Crippen molar-refractivity contribution in [2.24, 2.45) is 0 Å². The van der Waals surface area contributed by atoms with Crippen LogP contribution in [0.1, 0.15) is 24.8 Å². The van der Waals surface area contributed by atoms with Gasteiger partial charge in [0.05, 0.1) is 6.04 Å². The summed E-state index contributed by atoms with van der Waals surface area (Å²) in [5.41, 5.74) is 1.11. The van der Waals surface area contributed by atoms with E-state index in [1.807, 2.05) is 30.3 Å². The van der Waals surface area contributed by atoms with E-state index in [4.69, 9.17) is 0 Å². The maximum Gasteiger partial charge on any atom is 0.315 e. The first-order chi connectivity index (χ1) is 9.70. The highest BCUT2D eigenvalue weighted by Crippen LogP contribution is 2.19. The molecule has 0 aromatic heterocycles. The summed E-state index contributed by atoms with van der Waals surface area (Å²) in [5.74, 6) is 0.102. The molecule has 1 saturated carbocycles. The Morgan fingerprint density at radius 3 is 2.55 bits per heavy atom. The van der Waals surface area contributed by atoms with Gasteiger partial charge in [-0.1, -0.05) is 30.3 Å². The Morgan fingerprint density at radius 1 is 1.15 bits per heavy atom. The molecule has 2 N–H and O–H groups in total. The van der Waals surface area contributed by atoms with Crippen LogP contribution in [0.2, 0.25) is 0 Å². The van der Waals surface area contributed by atoms with Crippen LogP contribution in [0.25, 0.3) is 0 Å². The summed E-state index contributed by atoms with van der Waals surface area (Å²) in [6.07, 6.45) is 2.53. The van der Waals surface area contributed by atoms with Crippen molar-refractivity contribution in [1.29, 1.82) is 0 Å². The highest BCUT2D eigenvalue weighted by Gasteiger charge is 2.31. The van der Waals surface area contributed by atoms with Crippen molar-refractivity contribution in [2.75, 3.05) is 6.54 Å². The number of nitrogens with one attached hydrogen (secondary N) is 2. The lowest BCUT2D eigenvalue weighted by atomic mass is 10.2. The summed E-state index contributed by atoms with van der Waals surface area (Å²) in [7, 11) is 0. The van der Waals surface area contributed by atoms with Crippen molar-refractivity contribution in [3.63, 3.8) is 0 Å². The van der Waals surface area contributed by atoms with Crippen LogP contribution in [0.5, 0.6) is 0 Å². The third kappa shape index (κ3) is 3.29. The van der Waals surface area contributed by atoms with Crippen molar-refractivity contribution in [3.8, 4) is 0 Å². The second-order valence-corrected chi connectivity index (χ2v) is 5.55. The van der Waals surface area contributed by atoms with Gasteiger partial charge in [0.15, 0.2) is 0 Å². The van der Waals surface area contributed by atoms with Gasteiger partial charge in [0, 0.05) is 25.6 Å². The number of amides is 3. The Balaban J connectivity index is 1.51. The molecule has 20 heavy (non-hydrogen) atoms. The number of carbonyl (C=O) groups is 2. The summed E-state index contributed by atoms with van der Waals surface area (Å²) < 4.78 is 0. The lowest BCUT2D eigenvalue weighted by molar-refractivity contribution is -0.128. The molecule has 3 rings (SSSR count). The number of likely N-dealkylation sites (tertiary alicyclic amines) is 1. The largest absolute Gasteiger partial charge is 0.336 e. The SMILES string of the molecule is O=C(NC1CC1)NC1CC(=O)N(Cc2ccccc2)C1. The van der Waals surface area contributed by atoms with E-state index in [1.54, 1.807) is 4.90 Å². The van der Waals surface area contributed by atoms with Gasteiger partial charge in [-0.15, -0.1) is 0 Å². The lowest BCUT2D eigenvalue weighted by Gasteiger charge is -2.17. The Morgan fingerprint density at radius 2 is 1.85 bits per heavy atom. The Bertz CT molecular complexity index is 499. The van der Waals surface area contributed by atoms with Crippen LogP contribution in [0.15, 0.2) is 30.3 Å². The predicted octanol–water partition coefficient (Wildman–Crippen LogP) is 1.25. The highest BCUT2D eigenvalue weighted by molar-refractivity contribution is 5.81. The maximum atomic E-state index is 12.0. The topological polar surface area (TPSA) is 61.4 Å². The zero-order valence-corrected chi connectivity index (χ0v) is 11.3. The molecular formula is C15H19N3O2. The van der Waals surface area contributed by atoms with Crippen molar-refractivity contribution >= 4 is 11.9 Å². The van der Waals surface area contributed by atoms with Gasteiger partial charge in [-0.05, 0) is 18.4 Å². The third-order valence-electron chi connectivity index (χ3n) is 3.68. The molecule has 5 heteroatoms. The molecule has 1 aromatic carbocycles.